The minimum Gasteiger partial charge on any atom is -0.492 e. The lowest BCUT2D eigenvalue weighted by Gasteiger charge is -2.09. The lowest BCUT2D eigenvalue weighted by Crippen LogP contribution is -2.12. The number of aryl methyl sites for hydroxylation is 3. The fraction of sp³-hybridized carbons (Fsp3) is 0.333. The highest BCUT2D eigenvalue weighted by molar-refractivity contribution is 5.35. The van der Waals surface area contributed by atoms with Gasteiger partial charge in [0.2, 0.25) is 0 Å². The molecule has 0 saturated heterocycles. The summed E-state index contributed by atoms with van der Waals surface area (Å²) >= 11 is 0. The van der Waals surface area contributed by atoms with Crippen LogP contribution >= 0.6 is 0 Å². The molecule has 0 atom stereocenters. The molecule has 1 heterocycles. The zero-order chi connectivity index (χ0) is 13.7. The molecule has 0 fully saturated rings. The van der Waals surface area contributed by atoms with Gasteiger partial charge in [-0.05, 0) is 44.0 Å². The van der Waals surface area contributed by atoms with Crippen molar-refractivity contribution in [3.05, 3.63) is 47.4 Å². The highest BCUT2D eigenvalue weighted by atomic mass is 16.5. The van der Waals surface area contributed by atoms with E-state index in [0.717, 1.165) is 17.3 Å². The number of benzene rings is 1. The van der Waals surface area contributed by atoms with E-state index < -0.39 is 0 Å². The first-order chi connectivity index (χ1) is 9.13. The molecule has 0 radical (unpaired) electrons. The van der Waals surface area contributed by atoms with E-state index in [2.05, 4.69) is 35.2 Å². The third-order valence-electron chi connectivity index (χ3n) is 2.68. The molecule has 0 saturated carbocycles. The lowest BCUT2D eigenvalue weighted by molar-refractivity contribution is 0.332. The maximum Gasteiger partial charge on any atom is 0.129 e. The van der Waals surface area contributed by atoms with Crippen LogP contribution in [0.25, 0.3) is 0 Å². The van der Waals surface area contributed by atoms with Crippen LogP contribution in [0, 0.1) is 20.8 Å². The average Bonchev–Trinajstić information content (AvgIpc) is 2.34. The van der Waals surface area contributed by atoms with Crippen LogP contribution in [-0.2, 0) is 0 Å². The maximum atomic E-state index is 5.71. The Morgan fingerprint density at radius 1 is 1.00 bits per heavy atom. The monoisotopic (exact) mass is 257 g/mol. The Bertz CT molecular complexity index is 535. The summed E-state index contributed by atoms with van der Waals surface area (Å²) in [6.45, 7) is 7.40. The van der Waals surface area contributed by atoms with Crippen molar-refractivity contribution in [3.63, 3.8) is 0 Å². The van der Waals surface area contributed by atoms with Crippen molar-refractivity contribution in [2.24, 2.45) is 0 Å². The number of hydrogen-bond donors (Lipinski definition) is 1. The second-order valence-corrected chi connectivity index (χ2v) is 4.64. The van der Waals surface area contributed by atoms with E-state index in [4.69, 9.17) is 4.74 Å². The summed E-state index contributed by atoms with van der Waals surface area (Å²) < 4.78 is 5.71. The fourth-order valence-electron chi connectivity index (χ4n) is 1.92. The van der Waals surface area contributed by atoms with Crippen LogP contribution in [-0.4, -0.2) is 23.1 Å². The Morgan fingerprint density at radius 2 is 1.74 bits per heavy atom. The number of nitrogens with zero attached hydrogens (tertiary/aromatic N) is 2. The molecule has 0 spiro atoms. The first-order valence-corrected chi connectivity index (χ1v) is 6.37. The molecule has 2 aromatic rings. The third kappa shape index (κ3) is 4.25. The minimum atomic E-state index is 0.603. The molecule has 4 nitrogen and oxygen atoms in total. The second-order valence-electron chi connectivity index (χ2n) is 4.64. The Hall–Kier alpha value is -2.10. The van der Waals surface area contributed by atoms with Gasteiger partial charge in [0.15, 0.2) is 0 Å². The standard InChI is InChI=1S/C15H19N3O/c1-11-6-12(2)8-14(7-11)19-5-4-16-15-9-13(3)17-10-18-15/h6-10H,4-5H2,1-3H3,(H,16,17,18). The largest absolute Gasteiger partial charge is 0.492 e. The summed E-state index contributed by atoms with van der Waals surface area (Å²) in [7, 11) is 0. The SMILES string of the molecule is Cc1cc(C)cc(OCCNc2cc(C)ncn2)c1. The van der Waals surface area contributed by atoms with Crippen molar-refractivity contribution >= 4 is 5.82 Å². The molecule has 0 aliphatic rings. The predicted octanol–water partition coefficient (Wildman–Crippen LogP) is 2.89. The molecular formula is C15H19N3O. The average molecular weight is 257 g/mol. The maximum absolute atomic E-state index is 5.71. The Morgan fingerprint density at radius 3 is 2.42 bits per heavy atom. The molecule has 100 valence electrons. The fourth-order valence-corrected chi connectivity index (χ4v) is 1.92. The van der Waals surface area contributed by atoms with Gasteiger partial charge in [0, 0.05) is 11.8 Å². The van der Waals surface area contributed by atoms with E-state index in [1.54, 1.807) is 6.33 Å². The van der Waals surface area contributed by atoms with Crippen LogP contribution in [0.5, 0.6) is 5.75 Å². The van der Waals surface area contributed by atoms with Gasteiger partial charge in [-0.3, -0.25) is 0 Å². The van der Waals surface area contributed by atoms with Crippen molar-refractivity contribution in [2.45, 2.75) is 20.8 Å². The molecule has 1 aromatic heterocycles. The Kier molecular flexibility index (Phi) is 4.34. The second kappa shape index (κ2) is 6.18. The molecule has 4 heteroatoms. The number of hydrogen-bond acceptors (Lipinski definition) is 4. The van der Waals surface area contributed by atoms with E-state index in [0.29, 0.717) is 13.2 Å². The number of nitrogens with one attached hydrogen (secondary N) is 1. The van der Waals surface area contributed by atoms with Crippen LogP contribution in [0.15, 0.2) is 30.6 Å². The van der Waals surface area contributed by atoms with Gasteiger partial charge in [-0.15, -0.1) is 0 Å². The van der Waals surface area contributed by atoms with Crippen molar-refractivity contribution in [2.75, 3.05) is 18.5 Å². The normalized spacial score (nSPS) is 10.3. The summed E-state index contributed by atoms with van der Waals surface area (Å²) in [5.74, 6) is 1.75. The van der Waals surface area contributed by atoms with E-state index in [-0.39, 0.29) is 0 Å². The highest BCUT2D eigenvalue weighted by Crippen LogP contribution is 2.15. The lowest BCUT2D eigenvalue weighted by atomic mass is 10.1. The molecule has 0 unspecified atom stereocenters. The molecular weight excluding hydrogens is 238 g/mol. The Balaban J connectivity index is 1.80. The highest BCUT2D eigenvalue weighted by Gasteiger charge is 1.98. The molecule has 0 aliphatic heterocycles. The van der Waals surface area contributed by atoms with E-state index >= 15 is 0 Å². The van der Waals surface area contributed by atoms with E-state index in [1.807, 2.05) is 25.1 Å². The molecule has 0 amide bonds. The molecule has 0 aliphatic carbocycles. The minimum absolute atomic E-state index is 0.603. The van der Waals surface area contributed by atoms with Gasteiger partial charge in [0.25, 0.3) is 0 Å². The first kappa shape index (κ1) is 13.3. The molecule has 19 heavy (non-hydrogen) atoms. The number of rotatable bonds is 5. The Labute approximate surface area is 113 Å². The summed E-state index contributed by atoms with van der Waals surface area (Å²) in [5, 5.41) is 3.21. The van der Waals surface area contributed by atoms with Crippen molar-refractivity contribution in [1.29, 1.82) is 0 Å². The number of anilines is 1. The quantitative estimate of drug-likeness (QED) is 0.837. The van der Waals surface area contributed by atoms with Crippen molar-refractivity contribution in [1.82, 2.24) is 9.97 Å². The summed E-state index contributed by atoms with van der Waals surface area (Å²) in [6.07, 6.45) is 1.56. The molecule has 1 aromatic carbocycles. The van der Waals surface area contributed by atoms with Gasteiger partial charge < -0.3 is 10.1 Å². The number of ether oxygens (including phenoxy) is 1. The third-order valence-corrected chi connectivity index (χ3v) is 2.68. The van der Waals surface area contributed by atoms with Gasteiger partial charge in [0.1, 0.15) is 24.5 Å². The van der Waals surface area contributed by atoms with E-state index in [1.165, 1.54) is 11.1 Å². The predicted molar refractivity (Wildman–Crippen MR) is 76.7 cm³/mol. The zero-order valence-electron chi connectivity index (χ0n) is 11.6. The van der Waals surface area contributed by atoms with E-state index in [9.17, 15) is 0 Å². The van der Waals surface area contributed by atoms with Gasteiger partial charge in [-0.1, -0.05) is 6.07 Å². The van der Waals surface area contributed by atoms with Crippen LogP contribution in [0.3, 0.4) is 0 Å². The van der Waals surface area contributed by atoms with Crippen LogP contribution in [0.1, 0.15) is 16.8 Å². The van der Waals surface area contributed by atoms with Crippen molar-refractivity contribution in [3.8, 4) is 5.75 Å². The number of aromatic nitrogens is 2. The van der Waals surface area contributed by atoms with Gasteiger partial charge >= 0.3 is 0 Å². The molecule has 1 N–H and O–H groups in total. The van der Waals surface area contributed by atoms with Crippen LogP contribution in [0.2, 0.25) is 0 Å². The van der Waals surface area contributed by atoms with Crippen LogP contribution < -0.4 is 10.1 Å². The molecule has 0 bridgehead atoms. The zero-order valence-corrected chi connectivity index (χ0v) is 11.6. The summed E-state index contributed by atoms with van der Waals surface area (Å²) in [4.78, 5) is 8.19. The smallest absolute Gasteiger partial charge is 0.129 e. The van der Waals surface area contributed by atoms with Gasteiger partial charge in [-0.2, -0.15) is 0 Å². The van der Waals surface area contributed by atoms with Crippen molar-refractivity contribution < 1.29 is 4.74 Å². The first-order valence-electron chi connectivity index (χ1n) is 6.37. The summed E-state index contributed by atoms with van der Waals surface area (Å²) in [5.41, 5.74) is 3.39. The summed E-state index contributed by atoms with van der Waals surface area (Å²) in [6, 6.07) is 8.13. The topological polar surface area (TPSA) is 47.0 Å². The van der Waals surface area contributed by atoms with Crippen LogP contribution in [0.4, 0.5) is 5.82 Å². The molecule has 2 rings (SSSR count). The van der Waals surface area contributed by atoms with Gasteiger partial charge in [0.05, 0.1) is 6.54 Å². The van der Waals surface area contributed by atoms with Gasteiger partial charge in [-0.25, -0.2) is 9.97 Å².